The lowest BCUT2D eigenvalue weighted by Gasteiger charge is -2.09. The molecule has 0 bridgehead atoms. The van der Waals surface area contributed by atoms with E-state index in [-0.39, 0.29) is 11.2 Å². The molecule has 0 aliphatic carbocycles. The second-order valence-electron chi connectivity index (χ2n) is 3.69. The van der Waals surface area contributed by atoms with Crippen LogP contribution in [0, 0.1) is 5.41 Å². The van der Waals surface area contributed by atoms with Gasteiger partial charge in [-0.15, -0.1) is 0 Å². The van der Waals surface area contributed by atoms with Gasteiger partial charge in [0, 0.05) is 0 Å². The molecule has 0 heterocycles. The Hall–Kier alpha value is -0.850. The third-order valence-corrected chi connectivity index (χ3v) is 1.04. The number of hydrogen-bond donors (Lipinski definition) is 0. The predicted octanol–water partition coefficient (Wildman–Crippen LogP) is 2.73. The SMILES string of the molecule is CC(=O)C=CC=CC(C)(C)C. The zero-order valence-electron chi connectivity index (χ0n) is 7.72. The van der Waals surface area contributed by atoms with Gasteiger partial charge in [-0.3, -0.25) is 4.79 Å². The molecule has 0 atom stereocenters. The fourth-order valence-electron chi connectivity index (χ4n) is 0.535. The minimum Gasteiger partial charge on any atom is -0.295 e. The van der Waals surface area contributed by atoms with Crippen LogP contribution < -0.4 is 0 Å². The van der Waals surface area contributed by atoms with E-state index in [0.29, 0.717) is 0 Å². The lowest BCUT2D eigenvalue weighted by Crippen LogP contribution is -1.97. The summed E-state index contributed by atoms with van der Waals surface area (Å²) in [6.07, 6.45) is 7.30. The van der Waals surface area contributed by atoms with E-state index in [4.69, 9.17) is 0 Å². The summed E-state index contributed by atoms with van der Waals surface area (Å²) in [5.41, 5.74) is 0.196. The maximum absolute atomic E-state index is 10.4. The Morgan fingerprint density at radius 3 is 2.09 bits per heavy atom. The molecular formula is C10H16O. The maximum atomic E-state index is 10.4. The van der Waals surface area contributed by atoms with Gasteiger partial charge in [0.25, 0.3) is 0 Å². The van der Waals surface area contributed by atoms with Crippen molar-refractivity contribution >= 4 is 5.78 Å². The largest absolute Gasteiger partial charge is 0.295 e. The Labute approximate surface area is 68.8 Å². The molecule has 0 amide bonds. The van der Waals surface area contributed by atoms with Crippen LogP contribution in [0.3, 0.4) is 0 Å². The van der Waals surface area contributed by atoms with E-state index in [0.717, 1.165) is 0 Å². The van der Waals surface area contributed by atoms with Gasteiger partial charge in [0.05, 0.1) is 0 Å². The van der Waals surface area contributed by atoms with Crippen LogP contribution in [0.5, 0.6) is 0 Å². The smallest absolute Gasteiger partial charge is 0.152 e. The van der Waals surface area contributed by atoms with Crippen molar-refractivity contribution in [2.45, 2.75) is 27.7 Å². The Morgan fingerprint density at radius 1 is 1.18 bits per heavy atom. The molecule has 0 radical (unpaired) electrons. The topological polar surface area (TPSA) is 17.1 Å². The highest BCUT2D eigenvalue weighted by atomic mass is 16.1. The number of rotatable bonds is 2. The van der Waals surface area contributed by atoms with Gasteiger partial charge in [-0.25, -0.2) is 0 Å². The Morgan fingerprint density at radius 2 is 1.73 bits per heavy atom. The zero-order chi connectivity index (χ0) is 8.91. The predicted molar refractivity (Wildman–Crippen MR) is 48.4 cm³/mol. The first kappa shape index (κ1) is 10.2. The monoisotopic (exact) mass is 152 g/mol. The summed E-state index contributed by atoms with van der Waals surface area (Å²) in [5, 5.41) is 0. The van der Waals surface area contributed by atoms with Gasteiger partial charge in [-0.1, -0.05) is 39.0 Å². The molecule has 0 aromatic heterocycles. The Balaban J connectivity index is 3.88. The van der Waals surface area contributed by atoms with Gasteiger partial charge in [0.15, 0.2) is 5.78 Å². The molecular weight excluding hydrogens is 136 g/mol. The maximum Gasteiger partial charge on any atom is 0.152 e. The molecule has 0 spiro atoms. The molecule has 0 aromatic rings. The van der Waals surface area contributed by atoms with Crippen LogP contribution >= 0.6 is 0 Å². The molecule has 0 N–H and O–H groups in total. The summed E-state index contributed by atoms with van der Waals surface area (Å²) in [5.74, 6) is 0.0866. The van der Waals surface area contributed by atoms with Crippen LogP contribution in [-0.2, 0) is 4.79 Å². The summed E-state index contributed by atoms with van der Waals surface area (Å²) in [6.45, 7) is 7.89. The highest BCUT2D eigenvalue weighted by molar-refractivity contribution is 5.87. The third kappa shape index (κ3) is 9.15. The minimum absolute atomic E-state index is 0.0866. The van der Waals surface area contributed by atoms with Crippen LogP contribution in [0.25, 0.3) is 0 Å². The molecule has 0 rings (SSSR count). The van der Waals surface area contributed by atoms with Crippen molar-refractivity contribution in [3.05, 3.63) is 24.3 Å². The molecule has 0 aromatic carbocycles. The van der Waals surface area contributed by atoms with Crippen LogP contribution in [0.4, 0.5) is 0 Å². The highest BCUT2D eigenvalue weighted by Gasteiger charge is 2.01. The lowest BCUT2D eigenvalue weighted by molar-refractivity contribution is -0.112. The van der Waals surface area contributed by atoms with E-state index < -0.39 is 0 Å². The van der Waals surface area contributed by atoms with Crippen molar-refractivity contribution < 1.29 is 4.79 Å². The summed E-state index contributed by atoms with van der Waals surface area (Å²) in [6, 6.07) is 0. The number of hydrogen-bond acceptors (Lipinski definition) is 1. The number of carbonyl (C=O) groups excluding carboxylic acids is 1. The van der Waals surface area contributed by atoms with E-state index in [1.807, 2.05) is 6.08 Å². The van der Waals surface area contributed by atoms with Gasteiger partial charge >= 0.3 is 0 Å². The first-order valence-electron chi connectivity index (χ1n) is 3.78. The van der Waals surface area contributed by atoms with Crippen molar-refractivity contribution in [3.8, 4) is 0 Å². The lowest BCUT2D eigenvalue weighted by atomic mass is 9.96. The molecule has 1 heteroatoms. The summed E-state index contributed by atoms with van der Waals surface area (Å²) in [7, 11) is 0. The van der Waals surface area contributed by atoms with E-state index in [9.17, 15) is 4.79 Å². The minimum atomic E-state index is 0.0866. The molecule has 0 unspecified atom stereocenters. The average molecular weight is 152 g/mol. The number of ketones is 1. The fourth-order valence-corrected chi connectivity index (χ4v) is 0.535. The highest BCUT2D eigenvalue weighted by Crippen LogP contribution is 2.13. The van der Waals surface area contributed by atoms with Gasteiger partial charge < -0.3 is 0 Å². The molecule has 1 nitrogen and oxygen atoms in total. The molecule has 0 aliphatic heterocycles. The average Bonchev–Trinajstić information content (AvgIpc) is 1.78. The first-order chi connectivity index (χ1) is 4.92. The molecule has 0 saturated carbocycles. The van der Waals surface area contributed by atoms with Gasteiger partial charge in [0.1, 0.15) is 0 Å². The molecule has 62 valence electrons. The van der Waals surface area contributed by atoms with Crippen molar-refractivity contribution in [1.82, 2.24) is 0 Å². The third-order valence-electron chi connectivity index (χ3n) is 1.04. The van der Waals surface area contributed by atoms with Gasteiger partial charge in [-0.05, 0) is 18.4 Å². The summed E-state index contributed by atoms with van der Waals surface area (Å²) < 4.78 is 0. The number of allylic oxidation sites excluding steroid dienone is 4. The van der Waals surface area contributed by atoms with Crippen molar-refractivity contribution in [1.29, 1.82) is 0 Å². The second kappa shape index (κ2) is 4.12. The standard InChI is InChI=1S/C10H16O/c1-9(11)7-5-6-8-10(2,3)4/h5-8H,1-4H3. The molecule has 0 fully saturated rings. The summed E-state index contributed by atoms with van der Waals surface area (Å²) in [4.78, 5) is 10.4. The van der Waals surface area contributed by atoms with E-state index in [1.165, 1.54) is 0 Å². The van der Waals surface area contributed by atoms with E-state index >= 15 is 0 Å². The Kier molecular flexibility index (Phi) is 3.80. The van der Waals surface area contributed by atoms with Gasteiger partial charge in [-0.2, -0.15) is 0 Å². The molecule has 0 saturated heterocycles. The second-order valence-corrected chi connectivity index (χ2v) is 3.69. The summed E-state index contributed by atoms with van der Waals surface area (Å²) >= 11 is 0. The quantitative estimate of drug-likeness (QED) is 0.439. The zero-order valence-corrected chi connectivity index (χ0v) is 7.72. The number of carbonyl (C=O) groups is 1. The van der Waals surface area contributed by atoms with Crippen molar-refractivity contribution in [3.63, 3.8) is 0 Å². The fraction of sp³-hybridized carbons (Fsp3) is 0.500. The first-order valence-corrected chi connectivity index (χ1v) is 3.78. The van der Waals surface area contributed by atoms with Gasteiger partial charge in [0.2, 0.25) is 0 Å². The van der Waals surface area contributed by atoms with E-state index in [1.54, 1.807) is 19.1 Å². The van der Waals surface area contributed by atoms with Crippen LogP contribution in [0.15, 0.2) is 24.3 Å². The van der Waals surface area contributed by atoms with Crippen LogP contribution in [0.2, 0.25) is 0 Å². The van der Waals surface area contributed by atoms with Crippen molar-refractivity contribution in [2.75, 3.05) is 0 Å². The van der Waals surface area contributed by atoms with E-state index in [2.05, 4.69) is 26.8 Å². The van der Waals surface area contributed by atoms with Crippen LogP contribution in [0.1, 0.15) is 27.7 Å². The van der Waals surface area contributed by atoms with Crippen molar-refractivity contribution in [2.24, 2.45) is 5.41 Å². The van der Waals surface area contributed by atoms with Crippen LogP contribution in [-0.4, -0.2) is 5.78 Å². The normalized spacial score (nSPS) is 13.1. The molecule has 11 heavy (non-hydrogen) atoms. The molecule has 0 aliphatic rings. The Bertz CT molecular complexity index is 180.